The first-order valence-electron chi connectivity index (χ1n) is 5.53. The van der Waals surface area contributed by atoms with Crippen molar-refractivity contribution in [2.24, 2.45) is 7.05 Å². The zero-order valence-corrected chi connectivity index (χ0v) is 11.3. The number of benzene rings is 1. The molecule has 0 saturated carbocycles. The summed E-state index contributed by atoms with van der Waals surface area (Å²) in [7, 11) is 1.50. The highest BCUT2D eigenvalue weighted by Gasteiger charge is 2.17. The van der Waals surface area contributed by atoms with E-state index >= 15 is 0 Å². The Morgan fingerprint density at radius 3 is 2.84 bits per heavy atom. The first-order valence-corrected chi connectivity index (χ1v) is 5.91. The average molecular weight is 278 g/mol. The molecule has 0 fully saturated rings. The third-order valence-electron chi connectivity index (χ3n) is 2.71. The molecule has 0 N–H and O–H groups in total. The van der Waals surface area contributed by atoms with Crippen molar-refractivity contribution in [2.45, 2.75) is 6.92 Å². The Bertz CT molecular complexity index is 722. The molecule has 2 rings (SSSR count). The summed E-state index contributed by atoms with van der Waals surface area (Å²) in [5, 5.41) is 4.26. The van der Waals surface area contributed by atoms with Crippen LogP contribution in [0.5, 0.6) is 0 Å². The molecule has 0 bridgehead atoms. The summed E-state index contributed by atoms with van der Waals surface area (Å²) in [6.07, 6.45) is 1.42. The Kier molecular flexibility index (Phi) is 3.53. The molecule has 0 spiro atoms. The second-order valence-corrected chi connectivity index (χ2v) is 4.44. The van der Waals surface area contributed by atoms with Gasteiger partial charge in [0.1, 0.15) is 5.82 Å². The van der Waals surface area contributed by atoms with E-state index in [-0.39, 0.29) is 11.1 Å². The molecular formula is C14H11ClFN2O. The highest BCUT2D eigenvalue weighted by atomic mass is 35.5. The molecule has 1 radical (unpaired) electrons. The lowest BCUT2D eigenvalue weighted by Crippen LogP contribution is -2.22. The van der Waals surface area contributed by atoms with Gasteiger partial charge in [-0.3, -0.25) is 4.79 Å². The molecule has 0 amide bonds. The van der Waals surface area contributed by atoms with Gasteiger partial charge in [-0.1, -0.05) is 24.3 Å². The van der Waals surface area contributed by atoms with Gasteiger partial charge in [-0.15, -0.1) is 0 Å². The number of hydrogen-bond donors (Lipinski definition) is 0. The molecule has 1 aromatic carbocycles. The van der Waals surface area contributed by atoms with Crippen LogP contribution in [0.15, 0.2) is 23.5 Å². The van der Waals surface area contributed by atoms with Gasteiger partial charge >= 0.3 is 0 Å². The second kappa shape index (κ2) is 4.97. The van der Waals surface area contributed by atoms with Crippen LogP contribution in [0.4, 0.5) is 4.39 Å². The average Bonchev–Trinajstić information content (AvgIpc) is 2.36. The van der Waals surface area contributed by atoms with Crippen LogP contribution in [-0.2, 0) is 7.05 Å². The van der Waals surface area contributed by atoms with Crippen molar-refractivity contribution in [3.8, 4) is 11.1 Å². The summed E-state index contributed by atoms with van der Waals surface area (Å²) in [5.41, 5.74) is 0.639. The highest BCUT2D eigenvalue weighted by Crippen LogP contribution is 2.30. The molecule has 2 aromatic rings. The molecule has 0 aliphatic rings. The number of aromatic nitrogens is 2. The number of aryl methyl sites for hydroxylation is 2. The maximum Gasteiger partial charge on any atom is 0.275 e. The van der Waals surface area contributed by atoms with Crippen LogP contribution in [0.2, 0.25) is 5.02 Å². The molecule has 19 heavy (non-hydrogen) atoms. The summed E-state index contributed by atoms with van der Waals surface area (Å²) < 4.78 is 15.2. The lowest BCUT2D eigenvalue weighted by molar-refractivity contribution is 0.629. The minimum atomic E-state index is -0.543. The Balaban J connectivity index is 2.90. The van der Waals surface area contributed by atoms with Crippen LogP contribution >= 0.6 is 11.6 Å². The van der Waals surface area contributed by atoms with E-state index in [9.17, 15) is 9.18 Å². The molecule has 0 aliphatic heterocycles. The predicted molar refractivity (Wildman–Crippen MR) is 73.5 cm³/mol. The Morgan fingerprint density at radius 2 is 2.21 bits per heavy atom. The Labute approximate surface area is 115 Å². The summed E-state index contributed by atoms with van der Waals surface area (Å²) in [5.74, 6) is -0.543. The SMILES string of the molecule is C=Cc1c(Cl)ccc(F)c1-c1[c]c(C)nn(C)c1=O. The molecule has 0 atom stereocenters. The van der Waals surface area contributed by atoms with Gasteiger partial charge in [-0.05, 0) is 19.1 Å². The van der Waals surface area contributed by atoms with Crippen molar-refractivity contribution in [3.63, 3.8) is 0 Å². The van der Waals surface area contributed by atoms with E-state index in [1.807, 2.05) is 0 Å². The maximum absolute atomic E-state index is 14.1. The van der Waals surface area contributed by atoms with Crippen LogP contribution in [0.25, 0.3) is 17.2 Å². The molecule has 0 aliphatic carbocycles. The monoisotopic (exact) mass is 277 g/mol. The van der Waals surface area contributed by atoms with E-state index in [0.29, 0.717) is 16.3 Å². The standard InChI is InChI=1S/C14H11ClFN2O/c1-4-9-11(15)5-6-12(16)13(9)10-7-8(2)17-18(3)14(10)19/h4-6H,1H2,2-3H3. The first kappa shape index (κ1) is 13.5. The maximum atomic E-state index is 14.1. The van der Waals surface area contributed by atoms with Crippen molar-refractivity contribution in [3.05, 3.63) is 57.2 Å². The fourth-order valence-corrected chi connectivity index (χ4v) is 2.12. The van der Waals surface area contributed by atoms with Crippen molar-refractivity contribution in [1.29, 1.82) is 0 Å². The van der Waals surface area contributed by atoms with E-state index in [2.05, 4.69) is 17.7 Å². The third-order valence-corrected chi connectivity index (χ3v) is 3.04. The summed E-state index contributed by atoms with van der Waals surface area (Å²) in [4.78, 5) is 12.1. The van der Waals surface area contributed by atoms with E-state index in [4.69, 9.17) is 11.6 Å². The summed E-state index contributed by atoms with van der Waals surface area (Å²) >= 11 is 6.01. The summed E-state index contributed by atoms with van der Waals surface area (Å²) in [6, 6.07) is 5.43. The van der Waals surface area contributed by atoms with Crippen molar-refractivity contribution in [2.75, 3.05) is 0 Å². The fraction of sp³-hybridized carbons (Fsp3) is 0.143. The molecule has 3 nitrogen and oxygen atoms in total. The van der Waals surface area contributed by atoms with Gasteiger partial charge in [0.25, 0.3) is 5.56 Å². The van der Waals surface area contributed by atoms with Gasteiger partial charge in [0.2, 0.25) is 0 Å². The third kappa shape index (κ3) is 2.31. The minimum absolute atomic E-state index is 0.102. The minimum Gasteiger partial charge on any atom is -0.267 e. The molecule has 5 heteroatoms. The Hall–Kier alpha value is -1.94. The van der Waals surface area contributed by atoms with E-state index in [1.54, 1.807) is 6.92 Å². The predicted octanol–water partition coefficient (Wildman–Crippen LogP) is 2.99. The molecule has 1 heterocycles. The Morgan fingerprint density at radius 1 is 1.53 bits per heavy atom. The van der Waals surface area contributed by atoms with Gasteiger partial charge in [0, 0.05) is 29.3 Å². The van der Waals surface area contributed by atoms with Gasteiger partial charge in [0.05, 0.1) is 11.3 Å². The fourth-order valence-electron chi connectivity index (χ4n) is 1.88. The number of halogens is 2. The van der Waals surface area contributed by atoms with E-state index < -0.39 is 11.4 Å². The zero-order chi connectivity index (χ0) is 14.2. The lowest BCUT2D eigenvalue weighted by atomic mass is 10.00. The number of rotatable bonds is 2. The van der Waals surface area contributed by atoms with Crippen LogP contribution in [0, 0.1) is 18.8 Å². The smallest absolute Gasteiger partial charge is 0.267 e. The first-order chi connectivity index (χ1) is 8.95. The zero-order valence-electron chi connectivity index (χ0n) is 10.5. The normalized spacial score (nSPS) is 10.5. The largest absolute Gasteiger partial charge is 0.275 e. The topological polar surface area (TPSA) is 34.9 Å². The number of hydrogen-bond acceptors (Lipinski definition) is 2. The summed E-state index contributed by atoms with van der Waals surface area (Å²) in [6.45, 7) is 5.28. The molecular weight excluding hydrogens is 267 g/mol. The van der Waals surface area contributed by atoms with Crippen LogP contribution in [-0.4, -0.2) is 9.78 Å². The van der Waals surface area contributed by atoms with Crippen molar-refractivity contribution < 1.29 is 4.39 Å². The van der Waals surface area contributed by atoms with Gasteiger partial charge in [-0.2, -0.15) is 5.10 Å². The second-order valence-electron chi connectivity index (χ2n) is 4.04. The number of nitrogens with zero attached hydrogens (tertiary/aromatic N) is 2. The highest BCUT2D eigenvalue weighted by molar-refractivity contribution is 6.32. The van der Waals surface area contributed by atoms with Crippen LogP contribution < -0.4 is 5.56 Å². The van der Waals surface area contributed by atoms with E-state index in [1.165, 1.54) is 25.3 Å². The van der Waals surface area contributed by atoms with Crippen molar-refractivity contribution in [1.82, 2.24) is 9.78 Å². The molecule has 0 saturated heterocycles. The van der Waals surface area contributed by atoms with Gasteiger partial charge in [0.15, 0.2) is 0 Å². The molecule has 0 unspecified atom stereocenters. The van der Waals surface area contributed by atoms with Crippen LogP contribution in [0.3, 0.4) is 0 Å². The quantitative estimate of drug-likeness (QED) is 0.846. The van der Waals surface area contributed by atoms with Crippen LogP contribution in [0.1, 0.15) is 11.3 Å². The van der Waals surface area contributed by atoms with E-state index in [0.717, 1.165) is 4.68 Å². The van der Waals surface area contributed by atoms with Gasteiger partial charge < -0.3 is 0 Å². The lowest BCUT2D eigenvalue weighted by Gasteiger charge is -2.10. The van der Waals surface area contributed by atoms with Crippen molar-refractivity contribution >= 4 is 17.7 Å². The molecule has 97 valence electrons. The molecule has 1 aromatic heterocycles. The van der Waals surface area contributed by atoms with Gasteiger partial charge in [-0.25, -0.2) is 9.07 Å².